The molecule has 2 amide bonds. The molecule has 3 heterocycles. The molecule has 0 N–H and O–H groups in total. The summed E-state index contributed by atoms with van der Waals surface area (Å²) in [5.41, 5.74) is 3.50. The summed E-state index contributed by atoms with van der Waals surface area (Å²) in [4.78, 5) is 33.6. The lowest BCUT2D eigenvalue weighted by atomic mass is 10.1. The van der Waals surface area contributed by atoms with Gasteiger partial charge in [0.05, 0.1) is 6.20 Å². The van der Waals surface area contributed by atoms with Crippen molar-refractivity contribution in [1.82, 2.24) is 19.2 Å². The van der Waals surface area contributed by atoms with E-state index in [1.165, 1.54) is 5.56 Å². The van der Waals surface area contributed by atoms with E-state index in [4.69, 9.17) is 0 Å². The first kappa shape index (κ1) is 17.3. The van der Waals surface area contributed by atoms with Crippen molar-refractivity contribution in [2.45, 2.75) is 26.4 Å². The van der Waals surface area contributed by atoms with Crippen molar-refractivity contribution in [3.63, 3.8) is 0 Å². The molecule has 1 fully saturated rings. The van der Waals surface area contributed by atoms with Crippen LogP contribution in [0.5, 0.6) is 0 Å². The van der Waals surface area contributed by atoms with Crippen molar-refractivity contribution in [1.29, 1.82) is 0 Å². The lowest BCUT2D eigenvalue weighted by Crippen LogP contribution is -2.57. The highest BCUT2D eigenvalue weighted by molar-refractivity contribution is 5.97. The molecular formula is C21H22N4O2. The third kappa shape index (κ3) is 3.18. The normalized spacial score (nSPS) is 17.6. The van der Waals surface area contributed by atoms with Gasteiger partial charge in [0.1, 0.15) is 17.4 Å². The Bertz CT molecular complexity index is 993. The maximum absolute atomic E-state index is 13.0. The van der Waals surface area contributed by atoms with E-state index in [0.717, 1.165) is 11.2 Å². The molecule has 6 heteroatoms. The van der Waals surface area contributed by atoms with Gasteiger partial charge in [-0.3, -0.25) is 14.0 Å². The average molecular weight is 362 g/mol. The molecule has 0 spiro atoms. The van der Waals surface area contributed by atoms with Crippen molar-refractivity contribution in [3.05, 3.63) is 71.7 Å². The van der Waals surface area contributed by atoms with Crippen LogP contribution in [-0.2, 0) is 11.3 Å². The number of imidazole rings is 1. The summed E-state index contributed by atoms with van der Waals surface area (Å²) in [6.45, 7) is 5.45. The molecule has 0 aliphatic carbocycles. The zero-order valence-electron chi connectivity index (χ0n) is 15.5. The fourth-order valence-electron chi connectivity index (χ4n) is 3.52. The first-order chi connectivity index (χ1) is 13.0. The van der Waals surface area contributed by atoms with E-state index in [2.05, 4.69) is 4.98 Å². The number of carbonyl (C=O) groups excluding carboxylic acids is 2. The average Bonchev–Trinajstić information content (AvgIpc) is 3.11. The number of rotatable bonds is 3. The molecule has 0 saturated carbocycles. The summed E-state index contributed by atoms with van der Waals surface area (Å²) in [6, 6.07) is 13.3. The van der Waals surface area contributed by atoms with Crippen LogP contribution in [-0.4, -0.2) is 50.1 Å². The van der Waals surface area contributed by atoms with Gasteiger partial charge in [0, 0.05) is 25.8 Å². The van der Waals surface area contributed by atoms with Crippen molar-refractivity contribution in [2.75, 3.05) is 13.1 Å². The van der Waals surface area contributed by atoms with Crippen LogP contribution in [0.4, 0.5) is 0 Å². The number of hydrogen-bond acceptors (Lipinski definition) is 3. The second kappa shape index (κ2) is 6.87. The second-order valence-corrected chi connectivity index (χ2v) is 6.99. The van der Waals surface area contributed by atoms with Crippen LogP contribution in [0.15, 0.2) is 54.9 Å². The van der Waals surface area contributed by atoms with Gasteiger partial charge < -0.3 is 9.80 Å². The maximum Gasteiger partial charge on any atom is 0.273 e. The minimum Gasteiger partial charge on any atom is -0.335 e. The van der Waals surface area contributed by atoms with Crippen LogP contribution in [0.3, 0.4) is 0 Å². The van der Waals surface area contributed by atoms with Gasteiger partial charge in [-0.25, -0.2) is 4.98 Å². The molecular weight excluding hydrogens is 340 g/mol. The molecule has 0 unspecified atom stereocenters. The summed E-state index contributed by atoms with van der Waals surface area (Å²) in [5.74, 6) is -0.187. The van der Waals surface area contributed by atoms with Crippen LogP contribution in [0.1, 0.15) is 28.5 Å². The third-order valence-electron chi connectivity index (χ3n) is 5.14. The quantitative estimate of drug-likeness (QED) is 0.719. The summed E-state index contributed by atoms with van der Waals surface area (Å²) in [5, 5.41) is 0. The molecule has 138 valence electrons. The predicted molar refractivity (Wildman–Crippen MR) is 102 cm³/mol. The number of fused-ring (bicyclic) bond motifs is 1. The van der Waals surface area contributed by atoms with E-state index in [1.807, 2.05) is 60.5 Å². The number of pyridine rings is 1. The summed E-state index contributed by atoms with van der Waals surface area (Å²) in [6.07, 6.45) is 3.39. The van der Waals surface area contributed by atoms with Crippen LogP contribution < -0.4 is 0 Å². The van der Waals surface area contributed by atoms with E-state index in [1.54, 1.807) is 22.4 Å². The Morgan fingerprint density at radius 1 is 1.15 bits per heavy atom. The van der Waals surface area contributed by atoms with E-state index in [0.29, 0.717) is 25.3 Å². The zero-order chi connectivity index (χ0) is 19.0. The Morgan fingerprint density at radius 3 is 2.70 bits per heavy atom. The number of carbonyl (C=O) groups is 2. The predicted octanol–water partition coefficient (Wildman–Crippen LogP) is 2.52. The summed E-state index contributed by atoms with van der Waals surface area (Å²) < 4.78 is 1.76. The Labute approximate surface area is 158 Å². The molecule has 3 aromatic rings. The van der Waals surface area contributed by atoms with Crippen molar-refractivity contribution in [2.24, 2.45) is 0 Å². The molecule has 1 aliphatic heterocycles. The maximum atomic E-state index is 13.0. The van der Waals surface area contributed by atoms with Gasteiger partial charge in [-0.05, 0) is 31.5 Å². The first-order valence-electron chi connectivity index (χ1n) is 9.12. The zero-order valence-corrected chi connectivity index (χ0v) is 15.5. The second-order valence-electron chi connectivity index (χ2n) is 6.99. The fourth-order valence-corrected chi connectivity index (χ4v) is 3.52. The van der Waals surface area contributed by atoms with E-state index < -0.39 is 6.04 Å². The molecule has 2 aromatic heterocycles. The molecule has 6 nitrogen and oxygen atoms in total. The molecule has 1 aliphatic rings. The number of piperazine rings is 1. The largest absolute Gasteiger partial charge is 0.335 e. The van der Waals surface area contributed by atoms with Gasteiger partial charge in [-0.1, -0.05) is 35.9 Å². The monoisotopic (exact) mass is 362 g/mol. The van der Waals surface area contributed by atoms with Gasteiger partial charge in [0.15, 0.2) is 0 Å². The summed E-state index contributed by atoms with van der Waals surface area (Å²) >= 11 is 0. The fraction of sp³-hybridized carbons (Fsp3) is 0.286. The number of nitrogens with zero attached hydrogens (tertiary/aromatic N) is 4. The molecule has 27 heavy (non-hydrogen) atoms. The van der Waals surface area contributed by atoms with Gasteiger partial charge in [0.2, 0.25) is 5.91 Å². The summed E-state index contributed by atoms with van der Waals surface area (Å²) in [7, 11) is 0. The van der Waals surface area contributed by atoms with E-state index in [-0.39, 0.29) is 11.8 Å². The molecule has 1 aromatic carbocycles. The van der Waals surface area contributed by atoms with Crippen molar-refractivity contribution in [3.8, 4) is 0 Å². The van der Waals surface area contributed by atoms with E-state index >= 15 is 0 Å². The number of aryl methyl sites for hydroxylation is 1. The standard InChI is InChI=1S/C21H22N4O2/c1-15-6-8-17(9-7-15)14-23-11-12-24(16(2)20(23)26)21(27)18-13-22-19-5-3-4-10-25(18)19/h3-10,13,16H,11-12,14H2,1-2H3/t16-/m1/s1. The number of hydrogen-bond donors (Lipinski definition) is 0. The van der Waals surface area contributed by atoms with Crippen LogP contribution >= 0.6 is 0 Å². The van der Waals surface area contributed by atoms with Crippen molar-refractivity contribution < 1.29 is 9.59 Å². The van der Waals surface area contributed by atoms with Gasteiger partial charge >= 0.3 is 0 Å². The minimum atomic E-state index is -0.494. The topological polar surface area (TPSA) is 57.9 Å². The van der Waals surface area contributed by atoms with Crippen molar-refractivity contribution >= 4 is 17.5 Å². The van der Waals surface area contributed by atoms with Crippen LogP contribution in [0.25, 0.3) is 5.65 Å². The van der Waals surface area contributed by atoms with Gasteiger partial charge in [-0.2, -0.15) is 0 Å². The third-order valence-corrected chi connectivity index (χ3v) is 5.14. The molecule has 1 atom stereocenters. The van der Waals surface area contributed by atoms with Crippen LogP contribution in [0.2, 0.25) is 0 Å². The molecule has 1 saturated heterocycles. The number of amides is 2. The Kier molecular flexibility index (Phi) is 4.39. The molecule has 0 bridgehead atoms. The van der Waals surface area contributed by atoms with E-state index in [9.17, 15) is 9.59 Å². The van der Waals surface area contributed by atoms with Gasteiger partial charge in [-0.15, -0.1) is 0 Å². The smallest absolute Gasteiger partial charge is 0.273 e. The molecule has 0 radical (unpaired) electrons. The lowest BCUT2D eigenvalue weighted by molar-refractivity contribution is -0.140. The lowest BCUT2D eigenvalue weighted by Gasteiger charge is -2.39. The van der Waals surface area contributed by atoms with Gasteiger partial charge in [0.25, 0.3) is 5.91 Å². The Hall–Kier alpha value is -3.15. The minimum absolute atomic E-state index is 0.0241. The van der Waals surface area contributed by atoms with Crippen LogP contribution in [0, 0.1) is 6.92 Å². The number of benzene rings is 1. The SMILES string of the molecule is Cc1ccc(CN2CCN(C(=O)c3cnc4ccccn34)[C@H](C)C2=O)cc1. The first-order valence-corrected chi connectivity index (χ1v) is 9.12. The Morgan fingerprint density at radius 2 is 1.93 bits per heavy atom. The molecule has 4 rings (SSSR count). The number of aromatic nitrogens is 2. The highest BCUT2D eigenvalue weighted by Gasteiger charge is 2.35. The highest BCUT2D eigenvalue weighted by Crippen LogP contribution is 2.18. The highest BCUT2D eigenvalue weighted by atomic mass is 16.2. The Balaban J connectivity index is 1.51.